The van der Waals surface area contributed by atoms with Crippen LogP contribution >= 0.6 is 11.6 Å². The maximum atomic E-state index is 14.0. The van der Waals surface area contributed by atoms with E-state index in [1.807, 2.05) is 24.3 Å². The molecule has 2 aromatic carbocycles. The first-order valence-corrected chi connectivity index (χ1v) is 7.58. The Hall–Kier alpha value is -2.24. The molecule has 0 saturated heterocycles. The topological polar surface area (TPSA) is 61.0 Å². The van der Waals surface area contributed by atoms with Crippen LogP contribution in [0.1, 0.15) is 23.1 Å². The molecule has 3 aromatic rings. The van der Waals surface area contributed by atoms with Crippen molar-refractivity contribution in [3.8, 4) is 5.75 Å². The summed E-state index contributed by atoms with van der Waals surface area (Å²) in [6, 6.07) is 11.6. The van der Waals surface area contributed by atoms with Crippen LogP contribution in [0, 0.1) is 5.82 Å². The Morgan fingerprint density at radius 3 is 2.70 bits per heavy atom. The van der Waals surface area contributed by atoms with Crippen molar-refractivity contribution in [3.05, 3.63) is 65.4 Å². The summed E-state index contributed by atoms with van der Waals surface area (Å²) in [5.74, 6) is 0.387. The Morgan fingerprint density at radius 1 is 1.22 bits per heavy atom. The van der Waals surface area contributed by atoms with E-state index >= 15 is 0 Å². The monoisotopic (exact) mass is 331 g/mol. The van der Waals surface area contributed by atoms with Gasteiger partial charge in [0.05, 0.1) is 30.2 Å². The third kappa shape index (κ3) is 2.98. The maximum Gasteiger partial charge on any atom is 0.165 e. The van der Waals surface area contributed by atoms with Crippen molar-refractivity contribution in [2.75, 3.05) is 7.11 Å². The Labute approximate surface area is 138 Å². The highest BCUT2D eigenvalue weighted by Crippen LogP contribution is 2.28. The van der Waals surface area contributed by atoms with Gasteiger partial charge in [0.25, 0.3) is 0 Å². The molecule has 4 nitrogen and oxygen atoms in total. The van der Waals surface area contributed by atoms with Crippen LogP contribution in [0.4, 0.5) is 4.39 Å². The van der Waals surface area contributed by atoms with Crippen LogP contribution in [0.15, 0.2) is 42.5 Å². The molecule has 0 aliphatic heterocycles. The minimum atomic E-state index is -0.592. The summed E-state index contributed by atoms with van der Waals surface area (Å²) in [6.45, 7) is 0. The second-order valence-corrected chi connectivity index (χ2v) is 5.31. The van der Waals surface area contributed by atoms with Gasteiger partial charge in [0, 0.05) is 5.39 Å². The lowest BCUT2D eigenvalue weighted by Crippen LogP contribution is -2.16. The third-order valence-electron chi connectivity index (χ3n) is 3.63. The van der Waals surface area contributed by atoms with E-state index < -0.39 is 11.9 Å². The zero-order valence-corrected chi connectivity index (χ0v) is 13.2. The molecule has 6 heteroatoms. The SMILES string of the molecule is COc1ccc(C(N)c2nc(CCl)nc3ccccc23)cc1F. The van der Waals surface area contributed by atoms with Gasteiger partial charge in [-0.3, -0.25) is 0 Å². The lowest BCUT2D eigenvalue weighted by Gasteiger charge is -2.15. The number of nitrogens with zero attached hydrogens (tertiary/aromatic N) is 2. The van der Waals surface area contributed by atoms with E-state index in [-0.39, 0.29) is 11.6 Å². The van der Waals surface area contributed by atoms with Gasteiger partial charge in [-0.25, -0.2) is 14.4 Å². The average molecular weight is 332 g/mol. The number of aromatic nitrogens is 2. The fraction of sp³-hybridized carbons (Fsp3) is 0.176. The molecule has 0 aliphatic carbocycles. The van der Waals surface area contributed by atoms with Crippen LogP contribution in [-0.2, 0) is 5.88 Å². The smallest absolute Gasteiger partial charge is 0.165 e. The van der Waals surface area contributed by atoms with Gasteiger partial charge in [-0.2, -0.15) is 0 Å². The minimum absolute atomic E-state index is 0.176. The number of ether oxygens (including phenoxy) is 1. The Morgan fingerprint density at radius 2 is 2.00 bits per heavy atom. The molecule has 1 atom stereocenters. The van der Waals surface area contributed by atoms with Gasteiger partial charge in [0.15, 0.2) is 11.6 Å². The van der Waals surface area contributed by atoms with Crippen molar-refractivity contribution in [3.63, 3.8) is 0 Å². The molecule has 23 heavy (non-hydrogen) atoms. The van der Waals surface area contributed by atoms with Crippen LogP contribution < -0.4 is 10.5 Å². The van der Waals surface area contributed by atoms with E-state index in [1.165, 1.54) is 13.2 Å². The highest BCUT2D eigenvalue weighted by Gasteiger charge is 2.17. The van der Waals surface area contributed by atoms with Gasteiger partial charge in [-0.1, -0.05) is 24.3 Å². The van der Waals surface area contributed by atoms with Gasteiger partial charge in [0.1, 0.15) is 5.82 Å². The van der Waals surface area contributed by atoms with E-state index in [9.17, 15) is 4.39 Å². The lowest BCUT2D eigenvalue weighted by atomic mass is 10.0. The standard InChI is InChI=1S/C17H15ClFN3O/c1-23-14-7-6-10(8-12(14)19)16(20)17-11-4-2-3-5-13(11)21-15(9-18)22-17/h2-8,16H,9,20H2,1H3. The number of fused-ring (bicyclic) bond motifs is 1. The second kappa shape index (κ2) is 6.48. The van der Waals surface area contributed by atoms with E-state index in [2.05, 4.69) is 9.97 Å². The van der Waals surface area contributed by atoms with Gasteiger partial charge >= 0.3 is 0 Å². The fourth-order valence-corrected chi connectivity index (χ4v) is 2.60. The zero-order valence-electron chi connectivity index (χ0n) is 12.5. The summed E-state index contributed by atoms with van der Waals surface area (Å²) in [7, 11) is 1.42. The minimum Gasteiger partial charge on any atom is -0.494 e. The van der Waals surface area contributed by atoms with Gasteiger partial charge in [-0.05, 0) is 23.8 Å². The Bertz CT molecular complexity index is 856. The molecule has 1 unspecified atom stereocenters. The second-order valence-electron chi connectivity index (χ2n) is 5.05. The Kier molecular flexibility index (Phi) is 4.41. The number of para-hydroxylation sites is 1. The van der Waals surface area contributed by atoms with E-state index in [4.69, 9.17) is 22.1 Å². The van der Waals surface area contributed by atoms with Gasteiger partial charge in [0.2, 0.25) is 0 Å². The van der Waals surface area contributed by atoms with Crippen LogP contribution in [0.2, 0.25) is 0 Å². The number of halogens is 2. The largest absolute Gasteiger partial charge is 0.494 e. The van der Waals surface area contributed by atoms with Crippen molar-refractivity contribution in [2.24, 2.45) is 5.73 Å². The van der Waals surface area contributed by atoms with E-state index in [1.54, 1.807) is 12.1 Å². The van der Waals surface area contributed by atoms with Crippen LogP contribution in [0.25, 0.3) is 10.9 Å². The summed E-state index contributed by atoms with van der Waals surface area (Å²) in [5, 5.41) is 0.824. The molecule has 0 radical (unpaired) electrons. The third-order valence-corrected chi connectivity index (χ3v) is 3.87. The van der Waals surface area contributed by atoms with Crippen molar-refractivity contribution >= 4 is 22.5 Å². The van der Waals surface area contributed by atoms with Crippen molar-refractivity contribution in [1.29, 1.82) is 0 Å². The average Bonchev–Trinajstić information content (AvgIpc) is 2.60. The summed E-state index contributed by atoms with van der Waals surface area (Å²) < 4.78 is 18.9. The molecular weight excluding hydrogens is 317 g/mol. The predicted octanol–water partition coefficient (Wildman–Crippen LogP) is 3.56. The van der Waals surface area contributed by atoms with Crippen molar-refractivity contribution < 1.29 is 9.13 Å². The van der Waals surface area contributed by atoms with Crippen LogP contribution in [0.3, 0.4) is 0 Å². The molecule has 1 heterocycles. The van der Waals surface area contributed by atoms with Gasteiger partial charge < -0.3 is 10.5 Å². The number of rotatable bonds is 4. The number of hydrogen-bond donors (Lipinski definition) is 1. The number of nitrogens with two attached hydrogens (primary N) is 1. The molecule has 0 amide bonds. The molecule has 0 aliphatic rings. The number of benzene rings is 2. The number of alkyl halides is 1. The first kappa shape index (κ1) is 15.6. The molecule has 0 spiro atoms. The zero-order chi connectivity index (χ0) is 16.4. The van der Waals surface area contributed by atoms with Crippen LogP contribution in [-0.4, -0.2) is 17.1 Å². The maximum absolute atomic E-state index is 14.0. The summed E-state index contributed by atoms with van der Waals surface area (Å²) in [5.41, 5.74) is 8.31. The molecule has 0 bridgehead atoms. The van der Waals surface area contributed by atoms with Gasteiger partial charge in [-0.15, -0.1) is 11.6 Å². The highest BCUT2D eigenvalue weighted by atomic mass is 35.5. The van der Waals surface area contributed by atoms with E-state index in [0.717, 1.165) is 10.9 Å². The number of hydrogen-bond acceptors (Lipinski definition) is 4. The molecule has 2 N–H and O–H groups in total. The summed E-state index contributed by atoms with van der Waals surface area (Å²) >= 11 is 5.87. The number of methoxy groups -OCH3 is 1. The lowest BCUT2D eigenvalue weighted by molar-refractivity contribution is 0.386. The first-order chi connectivity index (χ1) is 11.1. The highest BCUT2D eigenvalue weighted by molar-refractivity contribution is 6.16. The molecular formula is C17H15ClFN3O. The molecule has 1 aromatic heterocycles. The molecule has 118 valence electrons. The van der Waals surface area contributed by atoms with Crippen molar-refractivity contribution in [1.82, 2.24) is 9.97 Å². The molecule has 0 fully saturated rings. The normalized spacial score (nSPS) is 12.3. The fourth-order valence-electron chi connectivity index (χ4n) is 2.48. The predicted molar refractivity (Wildman–Crippen MR) is 88.1 cm³/mol. The molecule has 3 rings (SSSR count). The summed E-state index contributed by atoms with van der Waals surface area (Å²) in [4.78, 5) is 8.83. The first-order valence-electron chi connectivity index (χ1n) is 7.04. The summed E-state index contributed by atoms with van der Waals surface area (Å²) in [6.07, 6.45) is 0. The van der Waals surface area contributed by atoms with Crippen molar-refractivity contribution in [2.45, 2.75) is 11.9 Å². The van der Waals surface area contributed by atoms with Crippen LogP contribution in [0.5, 0.6) is 5.75 Å². The Balaban J connectivity index is 2.13. The quantitative estimate of drug-likeness (QED) is 0.742. The molecule has 0 saturated carbocycles. The van der Waals surface area contributed by atoms with E-state index in [0.29, 0.717) is 17.1 Å².